The monoisotopic (exact) mass is 284 g/mol. The molecule has 0 bridgehead atoms. The molecule has 0 aliphatic rings. The summed E-state index contributed by atoms with van der Waals surface area (Å²) in [4.78, 5) is 23.3. The van der Waals surface area contributed by atoms with Gasteiger partial charge in [-0.25, -0.2) is 9.97 Å². The van der Waals surface area contributed by atoms with Gasteiger partial charge in [0.15, 0.2) is 0 Å². The van der Waals surface area contributed by atoms with Crippen LogP contribution in [0.15, 0.2) is 6.07 Å². The molecular weight excluding hydrogens is 272 g/mol. The summed E-state index contributed by atoms with van der Waals surface area (Å²) in [6.07, 6.45) is 0. The predicted molar refractivity (Wildman–Crippen MR) is 74.3 cm³/mol. The molecule has 1 amide bonds. The van der Waals surface area contributed by atoms with Crippen molar-refractivity contribution in [3.05, 3.63) is 16.2 Å². The molecule has 0 aromatic carbocycles. The zero-order valence-electron chi connectivity index (χ0n) is 10.3. The topological polar surface area (TPSA) is 58.1 Å². The molecule has 0 saturated heterocycles. The number of carbonyl (C=O) groups is 1. The standard InChI is InChI=1S/C11H13ClN4OS/c1-6-4-7-9(13-5-8(17)16(2)3)14-11(12)15-10(7)18-6/h4H,5H2,1-3H3,(H,13,14,15). The Hall–Kier alpha value is -1.40. The second-order valence-corrected chi connectivity index (χ2v) is 5.63. The second-order valence-electron chi connectivity index (χ2n) is 4.06. The van der Waals surface area contributed by atoms with E-state index >= 15 is 0 Å². The van der Waals surface area contributed by atoms with Crippen LogP contribution in [0.4, 0.5) is 5.82 Å². The molecule has 0 fully saturated rings. The molecule has 0 spiro atoms. The molecule has 0 atom stereocenters. The number of rotatable bonds is 3. The van der Waals surface area contributed by atoms with Gasteiger partial charge in [-0.1, -0.05) is 0 Å². The number of thiophene rings is 1. The third-order valence-corrected chi connectivity index (χ3v) is 3.51. The van der Waals surface area contributed by atoms with Gasteiger partial charge >= 0.3 is 0 Å². The minimum Gasteiger partial charge on any atom is -0.360 e. The highest BCUT2D eigenvalue weighted by Gasteiger charge is 2.11. The molecule has 5 nitrogen and oxygen atoms in total. The number of carbonyl (C=O) groups excluding carboxylic acids is 1. The van der Waals surface area contributed by atoms with Crippen LogP contribution in [-0.2, 0) is 4.79 Å². The molecule has 2 aromatic heterocycles. The lowest BCUT2D eigenvalue weighted by Crippen LogP contribution is -2.28. The SMILES string of the molecule is Cc1cc2c(NCC(=O)N(C)C)nc(Cl)nc2s1. The molecular formula is C11H13ClN4OS. The molecule has 0 radical (unpaired) electrons. The first-order valence-electron chi connectivity index (χ1n) is 5.35. The van der Waals surface area contributed by atoms with E-state index in [2.05, 4.69) is 15.3 Å². The Morgan fingerprint density at radius 2 is 2.22 bits per heavy atom. The summed E-state index contributed by atoms with van der Waals surface area (Å²) in [6, 6.07) is 1.98. The van der Waals surface area contributed by atoms with Crippen LogP contribution in [0.25, 0.3) is 10.2 Å². The van der Waals surface area contributed by atoms with Crippen molar-refractivity contribution in [2.45, 2.75) is 6.92 Å². The number of amides is 1. The first-order chi connectivity index (χ1) is 8.47. The lowest BCUT2D eigenvalue weighted by atomic mass is 10.3. The van der Waals surface area contributed by atoms with Crippen molar-refractivity contribution >= 4 is 44.9 Å². The predicted octanol–water partition coefficient (Wildman–Crippen LogP) is 2.15. The number of anilines is 1. The third-order valence-electron chi connectivity index (χ3n) is 2.39. The summed E-state index contributed by atoms with van der Waals surface area (Å²) < 4.78 is 0. The largest absolute Gasteiger partial charge is 0.360 e. The summed E-state index contributed by atoms with van der Waals surface area (Å²) in [6.45, 7) is 2.18. The zero-order valence-corrected chi connectivity index (χ0v) is 11.9. The number of nitrogens with one attached hydrogen (secondary N) is 1. The summed E-state index contributed by atoms with van der Waals surface area (Å²) in [7, 11) is 3.42. The maximum absolute atomic E-state index is 11.5. The molecule has 7 heteroatoms. The first kappa shape index (κ1) is 13.0. The summed E-state index contributed by atoms with van der Waals surface area (Å²) in [5, 5.41) is 4.08. The van der Waals surface area contributed by atoms with Crippen molar-refractivity contribution in [3.63, 3.8) is 0 Å². The van der Waals surface area contributed by atoms with E-state index in [-0.39, 0.29) is 17.7 Å². The number of nitrogens with zero attached hydrogens (tertiary/aromatic N) is 3. The van der Waals surface area contributed by atoms with Gasteiger partial charge in [-0.15, -0.1) is 11.3 Å². The smallest absolute Gasteiger partial charge is 0.241 e. The summed E-state index contributed by atoms with van der Waals surface area (Å²) in [5.41, 5.74) is 0. The van der Waals surface area contributed by atoms with Crippen LogP contribution in [0, 0.1) is 6.92 Å². The Labute approximate surface area is 114 Å². The molecule has 0 unspecified atom stereocenters. The van der Waals surface area contributed by atoms with Crippen molar-refractivity contribution in [3.8, 4) is 0 Å². The third kappa shape index (κ3) is 2.70. The van der Waals surface area contributed by atoms with E-state index in [0.29, 0.717) is 5.82 Å². The maximum atomic E-state index is 11.5. The van der Waals surface area contributed by atoms with Gasteiger partial charge in [0.25, 0.3) is 0 Å². The molecule has 0 aliphatic carbocycles. The van der Waals surface area contributed by atoms with E-state index in [0.717, 1.165) is 15.1 Å². The molecule has 18 heavy (non-hydrogen) atoms. The fraction of sp³-hybridized carbons (Fsp3) is 0.364. The first-order valence-corrected chi connectivity index (χ1v) is 6.54. The van der Waals surface area contributed by atoms with Crippen molar-refractivity contribution in [2.75, 3.05) is 26.0 Å². The van der Waals surface area contributed by atoms with Gasteiger partial charge in [-0.2, -0.15) is 0 Å². The Morgan fingerprint density at radius 1 is 1.50 bits per heavy atom. The Kier molecular flexibility index (Phi) is 3.68. The van der Waals surface area contributed by atoms with Crippen molar-refractivity contribution < 1.29 is 4.79 Å². The molecule has 1 N–H and O–H groups in total. The molecule has 0 saturated carbocycles. The van der Waals surface area contributed by atoms with Gasteiger partial charge in [0.1, 0.15) is 10.6 Å². The Bertz CT molecular complexity index is 596. The maximum Gasteiger partial charge on any atom is 0.241 e. The minimum atomic E-state index is -0.0233. The average molecular weight is 285 g/mol. The highest BCUT2D eigenvalue weighted by Crippen LogP contribution is 2.29. The number of aryl methyl sites for hydroxylation is 1. The van der Waals surface area contributed by atoms with Gasteiger partial charge in [-0.05, 0) is 24.6 Å². The molecule has 0 aliphatic heterocycles. The van der Waals surface area contributed by atoms with Crippen LogP contribution < -0.4 is 5.32 Å². The van der Waals surface area contributed by atoms with E-state index < -0.39 is 0 Å². The fourth-order valence-corrected chi connectivity index (χ4v) is 2.57. The van der Waals surface area contributed by atoms with Crippen molar-refractivity contribution in [2.24, 2.45) is 0 Å². The number of halogens is 1. The lowest BCUT2D eigenvalue weighted by molar-refractivity contribution is -0.126. The van der Waals surface area contributed by atoms with E-state index in [9.17, 15) is 4.79 Å². The summed E-state index contributed by atoms with van der Waals surface area (Å²) >= 11 is 7.41. The molecule has 2 rings (SSSR count). The normalized spacial score (nSPS) is 10.7. The second kappa shape index (κ2) is 5.07. The number of hydrogen-bond donors (Lipinski definition) is 1. The Balaban J connectivity index is 2.29. The van der Waals surface area contributed by atoms with Crippen LogP contribution >= 0.6 is 22.9 Å². The van der Waals surface area contributed by atoms with Crippen LogP contribution in [0.1, 0.15) is 4.88 Å². The number of likely N-dealkylation sites (N-methyl/N-ethyl adjacent to an activating group) is 1. The molecule has 96 valence electrons. The van der Waals surface area contributed by atoms with Gasteiger partial charge in [0, 0.05) is 19.0 Å². The van der Waals surface area contributed by atoms with Gasteiger partial charge in [0.2, 0.25) is 11.2 Å². The van der Waals surface area contributed by atoms with Gasteiger partial charge < -0.3 is 10.2 Å². The van der Waals surface area contributed by atoms with Crippen LogP contribution in [0.2, 0.25) is 5.28 Å². The zero-order chi connectivity index (χ0) is 13.3. The number of fused-ring (bicyclic) bond motifs is 1. The number of hydrogen-bond acceptors (Lipinski definition) is 5. The molecule has 2 heterocycles. The van der Waals surface area contributed by atoms with Crippen molar-refractivity contribution in [1.82, 2.24) is 14.9 Å². The average Bonchev–Trinajstić information content (AvgIpc) is 2.65. The molecule has 2 aromatic rings. The van der Waals surface area contributed by atoms with Gasteiger partial charge in [0.05, 0.1) is 11.9 Å². The van der Waals surface area contributed by atoms with Crippen LogP contribution in [-0.4, -0.2) is 41.4 Å². The van der Waals surface area contributed by atoms with E-state index in [1.54, 1.807) is 25.4 Å². The lowest BCUT2D eigenvalue weighted by Gasteiger charge is -2.11. The highest BCUT2D eigenvalue weighted by molar-refractivity contribution is 7.18. The Morgan fingerprint density at radius 3 is 2.89 bits per heavy atom. The quantitative estimate of drug-likeness (QED) is 0.878. The highest BCUT2D eigenvalue weighted by atomic mass is 35.5. The number of aromatic nitrogens is 2. The summed E-state index contributed by atoms with van der Waals surface area (Å²) in [5.74, 6) is 0.578. The van der Waals surface area contributed by atoms with Crippen molar-refractivity contribution in [1.29, 1.82) is 0 Å². The fourth-order valence-electron chi connectivity index (χ4n) is 1.47. The van der Waals surface area contributed by atoms with Crippen LogP contribution in [0.5, 0.6) is 0 Å². The minimum absolute atomic E-state index is 0.0233. The van der Waals surface area contributed by atoms with E-state index in [1.807, 2.05) is 13.0 Å². The van der Waals surface area contributed by atoms with E-state index in [4.69, 9.17) is 11.6 Å². The van der Waals surface area contributed by atoms with Gasteiger partial charge in [-0.3, -0.25) is 4.79 Å². The van der Waals surface area contributed by atoms with E-state index in [1.165, 1.54) is 4.90 Å². The van der Waals surface area contributed by atoms with Crippen LogP contribution in [0.3, 0.4) is 0 Å².